The number of carboxylic acid groups (broad SMARTS) is 1. The number of nitrogens with zero attached hydrogens (tertiary/aromatic N) is 1. The molecule has 2 aromatic rings. The Bertz CT molecular complexity index is 880. The lowest BCUT2D eigenvalue weighted by atomic mass is 9.95. The average Bonchev–Trinajstić information content (AvgIpc) is 3.50. The third-order valence-corrected chi connectivity index (χ3v) is 6.43. The monoisotopic (exact) mass is 476 g/mol. The highest BCUT2D eigenvalue weighted by Crippen LogP contribution is 2.39. The van der Waals surface area contributed by atoms with Crippen LogP contribution in [0.2, 0.25) is 0 Å². The molecule has 0 bridgehead atoms. The number of carboxylic acids is 1. The van der Waals surface area contributed by atoms with Crippen LogP contribution in [-0.2, 0) is 6.54 Å². The highest BCUT2D eigenvalue weighted by Gasteiger charge is 2.38. The molecule has 1 saturated carbocycles. The molecule has 2 atom stereocenters. The average molecular weight is 477 g/mol. The summed E-state index contributed by atoms with van der Waals surface area (Å²) < 4.78 is 0. The molecule has 1 aliphatic heterocycles. The quantitative estimate of drug-likeness (QED) is 0.473. The van der Waals surface area contributed by atoms with Gasteiger partial charge in [-0.3, -0.25) is 4.90 Å². The van der Waals surface area contributed by atoms with Crippen molar-refractivity contribution in [3.05, 3.63) is 76.9 Å². The van der Waals surface area contributed by atoms with Crippen LogP contribution in [0.5, 0.6) is 0 Å². The summed E-state index contributed by atoms with van der Waals surface area (Å²) in [5, 5.41) is 12.8. The first-order valence-corrected chi connectivity index (χ1v) is 11.2. The van der Waals surface area contributed by atoms with E-state index in [1.165, 1.54) is 24.0 Å². The maximum Gasteiger partial charge on any atom is 0.335 e. The predicted molar refractivity (Wildman–Crippen MR) is 136 cm³/mol. The van der Waals surface area contributed by atoms with E-state index in [-0.39, 0.29) is 24.8 Å². The fourth-order valence-electron chi connectivity index (χ4n) is 4.54. The fraction of sp³-hybridized carbons (Fsp3) is 0.423. The number of halogens is 2. The molecular weight excluding hydrogens is 443 g/mol. The van der Waals surface area contributed by atoms with Crippen molar-refractivity contribution < 1.29 is 9.90 Å². The number of hydrogen-bond donors (Lipinski definition) is 2. The highest BCUT2D eigenvalue weighted by atomic mass is 35.5. The summed E-state index contributed by atoms with van der Waals surface area (Å²) in [5.41, 5.74) is 4.43. The summed E-state index contributed by atoms with van der Waals surface area (Å²) >= 11 is 0. The number of aromatic carboxylic acids is 1. The number of rotatable bonds is 10. The second-order valence-corrected chi connectivity index (χ2v) is 8.74. The summed E-state index contributed by atoms with van der Waals surface area (Å²) in [6, 6.07) is 18.6. The Hall–Kier alpha value is -1.85. The summed E-state index contributed by atoms with van der Waals surface area (Å²) in [7, 11) is 0. The van der Waals surface area contributed by atoms with E-state index in [4.69, 9.17) is 5.11 Å². The summed E-state index contributed by atoms with van der Waals surface area (Å²) in [4.78, 5) is 13.4. The molecule has 0 spiro atoms. The normalized spacial score (nSPS) is 20.6. The number of nitrogens with one attached hydrogen (secondary N) is 1. The molecular formula is C26H34Cl2N2O2. The first-order valence-electron chi connectivity index (χ1n) is 11.2. The van der Waals surface area contributed by atoms with Gasteiger partial charge in [-0.05, 0) is 60.9 Å². The zero-order valence-corrected chi connectivity index (χ0v) is 20.2. The van der Waals surface area contributed by atoms with Gasteiger partial charge in [-0.1, -0.05) is 61.0 Å². The van der Waals surface area contributed by atoms with Gasteiger partial charge in [0.2, 0.25) is 0 Å². The Morgan fingerprint density at radius 1 is 1.09 bits per heavy atom. The molecule has 0 amide bonds. The second-order valence-electron chi connectivity index (χ2n) is 8.74. The molecule has 0 radical (unpaired) electrons. The van der Waals surface area contributed by atoms with Crippen molar-refractivity contribution in [1.82, 2.24) is 10.2 Å². The van der Waals surface area contributed by atoms with Crippen molar-refractivity contribution in [2.75, 3.05) is 19.6 Å². The SMILES string of the molecule is CC/C(=C\c1ccccc1)[C@@H]1C[C@H]1NCCC1CN(Cc2ccc(C(=O)O)cc2)C1.Cl.Cl. The summed E-state index contributed by atoms with van der Waals surface area (Å²) in [6.07, 6.45) is 6.01. The van der Waals surface area contributed by atoms with Crippen molar-refractivity contribution in [1.29, 1.82) is 0 Å². The molecule has 1 heterocycles. The molecule has 0 aromatic heterocycles. The van der Waals surface area contributed by atoms with Crippen molar-refractivity contribution in [3.63, 3.8) is 0 Å². The maximum absolute atomic E-state index is 10.9. The third-order valence-electron chi connectivity index (χ3n) is 6.43. The molecule has 2 fully saturated rings. The molecule has 2 aromatic carbocycles. The van der Waals surface area contributed by atoms with Crippen LogP contribution >= 0.6 is 24.8 Å². The van der Waals surface area contributed by atoms with Crippen LogP contribution in [0.3, 0.4) is 0 Å². The van der Waals surface area contributed by atoms with Gasteiger partial charge in [-0.25, -0.2) is 4.79 Å². The van der Waals surface area contributed by atoms with Crippen molar-refractivity contribution >= 4 is 36.9 Å². The number of hydrogen-bond acceptors (Lipinski definition) is 3. The molecule has 174 valence electrons. The first-order chi connectivity index (χ1) is 14.6. The van der Waals surface area contributed by atoms with Gasteiger partial charge in [0.25, 0.3) is 0 Å². The van der Waals surface area contributed by atoms with E-state index in [1.807, 2.05) is 12.1 Å². The van der Waals surface area contributed by atoms with Crippen LogP contribution in [0.15, 0.2) is 60.2 Å². The standard InChI is InChI=1S/C26H32N2O2.2ClH/c1-2-22(14-19-6-4-3-5-7-19)24-15-25(24)27-13-12-21-17-28(18-21)16-20-8-10-23(11-9-20)26(29)30;;/h3-11,14,21,24-25,27H,2,12-13,15-18H2,1H3,(H,29,30);2*1H/b22-14+;;/t24-,25+;;/m0../s1. The summed E-state index contributed by atoms with van der Waals surface area (Å²) in [6.45, 7) is 6.57. The van der Waals surface area contributed by atoms with Gasteiger partial charge >= 0.3 is 5.97 Å². The number of likely N-dealkylation sites (tertiary alicyclic amines) is 1. The van der Waals surface area contributed by atoms with Crippen LogP contribution in [0.4, 0.5) is 0 Å². The van der Waals surface area contributed by atoms with Crippen LogP contribution < -0.4 is 5.32 Å². The predicted octanol–water partition coefficient (Wildman–Crippen LogP) is 5.52. The van der Waals surface area contributed by atoms with Crippen molar-refractivity contribution in [3.8, 4) is 0 Å². The molecule has 1 saturated heterocycles. The minimum absolute atomic E-state index is 0. The maximum atomic E-state index is 10.9. The lowest BCUT2D eigenvalue weighted by molar-refractivity contribution is 0.0696. The minimum Gasteiger partial charge on any atom is -0.478 e. The molecule has 2 aliphatic rings. The van der Waals surface area contributed by atoms with Gasteiger partial charge in [0.05, 0.1) is 5.56 Å². The zero-order valence-electron chi connectivity index (χ0n) is 18.6. The summed E-state index contributed by atoms with van der Waals surface area (Å²) in [5.74, 6) is 0.623. The first kappa shape index (κ1) is 26.4. The molecule has 1 aliphatic carbocycles. The Morgan fingerprint density at radius 2 is 1.78 bits per heavy atom. The molecule has 32 heavy (non-hydrogen) atoms. The molecule has 4 nitrogen and oxygen atoms in total. The lowest BCUT2D eigenvalue weighted by Gasteiger charge is -2.39. The van der Waals surface area contributed by atoms with E-state index in [2.05, 4.69) is 53.5 Å². The lowest BCUT2D eigenvalue weighted by Crippen LogP contribution is -2.46. The Balaban J connectivity index is 0.00000181. The molecule has 2 N–H and O–H groups in total. The van der Waals surface area contributed by atoms with Crippen LogP contribution in [0.1, 0.15) is 47.7 Å². The van der Waals surface area contributed by atoms with Gasteiger partial charge < -0.3 is 10.4 Å². The van der Waals surface area contributed by atoms with Gasteiger partial charge in [0.1, 0.15) is 0 Å². The zero-order chi connectivity index (χ0) is 20.9. The number of benzene rings is 2. The van der Waals surface area contributed by atoms with Gasteiger partial charge in [-0.2, -0.15) is 0 Å². The third kappa shape index (κ3) is 7.08. The Labute approximate surface area is 203 Å². The van der Waals surface area contributed by atoms with Crippen LogP contribution in [0.25, 0.3) is 6.08 Å². The smallest absolute Gasteiger partial charge is 0.335 e. The molecule has 4 rings (SSSR count). The second kappa shape index (κ2) is 12.4. The van der Waals surface area contributed by atoms with Gasteiger partial charge in [-0.15, -0.1) is 24.8 Å². The van der Waals surface area contributed by atoms with E-state index in [0.717, 1.165) is 38.5 Å². The Morgan fingerprint density at radius 3 is 2.41 bits per heavy atom. The van der Waals surface area contributed by atoms with E-state index >= 15 is 0 Å². The van der Waals surface area contributed by atoms with E-state index in [9.17, 15) is 4.79 Å². The largest absolute Gasteiger partial charge is 0.478 e. The Kier molecular flexibility index (Phi) is 10.2. The van der Waals surface area contributed by atoms with Crippen LogP contribution in [-0.4, -0.2) is 41.7 Å². The molecule has 0 unspecified atom stereocenters. The highest BCUT2D eigenvalue weighted by molar-refractivity contribution is 5.87. The van der Waals surface area contributed by atoms with E-state index in [0.29, 0.717) is 17.5 Å². The van der Waals surface area contributed by atoms with E-state index < -0.39 is 5.97 Å². The number of carbonyl (C=O) groups is 1. The topological polar surface area (TPSA) is 52.6 Å². The van der Waals surface area contributed by atoms with Crippen molar-refractivity contribution in [2.24, 2.45) is 11.8 Å². The fourth-order valence-corrected chi connectivity index (χ4v) is 4.54. The minimum atomic E-state index is -0.863. The van der Waals surface area contributed by atoms with Gasteiger partial charge in [0.15, 0.2) is 0 Å². The van der Waals surface area contributed by atoms with Crippen LogP contribution in [0, 0.1) is 11.8 Å². The molecule has 6 heteroatoms. The van der Waals surface area contributed by atoms with E-state index in [1.54, 1.807) is 17.7 Å². The van der Waals surface area contributed by atoms with Crippen molar-refractivity contribution in [2.45, 2.75) is 38.8 Å². The van der Waals surface area contributed by atoms with Gasteiger partial charge in [0, 0.05) is 25.7 Å².